The van der Waals surface area contributed by atoms with Crippen LogP contribution in [0.4, 0.5) is 0 Å². The molecule has 2 aromatic rings. The number of hydrogen-bond acceptors (Lipinski definition) is 3. The number of hydrogen-bond donors (Lipinski definition) is 1. The predicted molar refractivity (Wildman–Crippen MR) is 70.9 cm³/mol. The number of thiazole rings is 1. The van der Waals surface area contributed by atoms with Gasteiger partial charge in [0.2, 0.25) is 0 Å². The molecule has 0 aliphatic heterocycles. The summed E-state index contributed by atoms with van der Waals surface area (Å²) >= 11 is 1.81. The topological polar surface area (TPSA) is 38.9 Å². The van der Waals surface area contributed by atoms with Gasteiger partial charge in [-0.2, -0.15) is 0 Å². The fourth-order valence-corrected chi connectivity index (χ4v) is 2.79. The average Bonchev–Trinajstić information content (AvgIpc) is 2.70. The summed E-state index contributed by atoms with van der Waals surface area (Å²) in [6, 6.07) is 6.37. The van der Waals surface area contributed by atoms with Gasteiger partial charge in [-0.15, -0.1) is 11.3 Å². The number of benzene rings is 1. The lowest BCUT2D eigenvalue weighted by molar-refractivity contribution is 0.544. The Hall–Kier alpha value is -0.930. The van der Waals surface area contributed by atoms with Crippen LogP contribution >= 0.6 is 11.3 Å². The summed E-state index contributed by atoms with van der Waals surface area (Å²) in [6.45, 7) is 5.08. The molecule has 0 saturated carbocycles. The zero-order valence-electron chi connectivity index (χ0n) is 9.86. The van der Waals surface area contributed by atoms with Crippen LogP contribution in [0.25, 0.3) is 10.2 Å². The Bertz CT molecular complexity index is 476. The Morgan fingerprint density at radius 1 is 1.44 bits per heavy atom. The van der Waals surface area contributed by atoms with Crippen molar-refractivity contribution in [3.8, 4) is 0 Å². The van der Waals surface area contributed by atoms with Gasteiger partial charge in [0.1, 0.15) is 0 Å². The minimum absolute atomic E-state index is 0.591. The molecule has 2 N–H and O–H groups in total. The standard InChI is InChI=1S/C13H18N2S/c1-9(8-14)6-7-12-15-13-10(2)4-3-5-11(13)16-12/h3-5,9H,6-8,14H2,1-2H3. The van der Waals surface area contributed by atoms with E-state index in [2.05, 4.69) is 32.0 Å². The molecule has 0 bridgehead atoms. The summed E-state index contributed by atoms with van der Waals surface area (Å²) in [5, 5.41) is 1.24. The lowest BCUT2D eigenvalue weighted by Crippen LogP contribution is -2.11. The molecule has 1 atom stereocenters. The molecule has 0 fully saturated rings. The molecule has 86 valence electrons. The summed E-state index contributed by atoms with van der Waals surface area (Å²) < 4.78 is 1.30. The van der Waals surface area contributed by atoms with Crippen molar-refractivity contribution in [2.45, 2.75) is 26.7 Å². The van der Waals surface area contributed by atoms with Gasteiger partial charge in [-0.25, -0.2) is 4.98 Å². The van der Waals surface area contributed by atoms with Crippen LogP contribution in [0.15, 0.2) is 18.2 Å². The van der Waals surface area contributed by atoms with Crippen molar-refractivity contribution in [1.82, 2.24) is 4.98 Å². The van der Waals surface area contributed by atoms with Crippen molar-refractivity contribution >= 4 is 21.6 Å². The maximum Gasteiger partial charge on any atom is 0.0938 e. The maximum atomic E-state index is 5.62. The zero-order valence-corrected chi connectivity index (χ0v) is 10.7. The summed E-state index contributed by atoms with van der Waals surface area (Å²) in [7, 11) is 0. The Kier molecular flexibility index (Phi) is 3.56. The zero-order chi connectivity index (χ0) is 11.5. The molecular formula is C13H18N2S. The van der Waals surface area contributed by atoms with Crippen LogP contribution in [0, 0.1) is 12.8 Å². The number of nitrogens with two attached hydrogens (primary N) is 1. The van der Waals surface area contributed by atoms with Crippen LogP contribution in [-0.2, 0) is 6.42 Å². The van der Waals surface area contributed by atoms with Crippen LogP contribution < -0.4 is 5.73 Å². The van der Waals surface area contributed by atoms with E-state index in [0.717, 1.165) is 19.4 Å². The fourth-order valence-electron chi connectivity index (χ4n) is 1.73. The lowest BCUT2D eigenvalue weighted by atomic mass is 10.1. The third kappa shape index (κ3) is 2.42. The lowest BCUT2D eigenvalue weighted by Gasteiger charge is -2.04. The second-order valence-electron chi connectivity index (χ2n) is 4.41. The smallest absolute Gasteiger partial charge is 0.0938 e. The number of aryl methyl sites for hydroxylation is 2. The molecule has 1 aromatic carbocycles. The van der Waals surface area contributed by atoms with E-state index in [4.69, 9.17) is 10.7 Å². The highest BCUT2D eigenvalue weighted by atomic mass is 32.1. The van der Waals surface area contributed by atoms with Gasteiger partial charge in [0.15, 0.2) is 0 Å². The van der Waals surface area contributed by atoms with Crippen LogP contribution in [0.1, 0.15) is 23.9 Å². The first-order chi connectivity index (χ1) is 7.70. The molecular weight excluding hydrogens is 216 g/mol. The SMILES string of the molecule is Cc1cccc2sc(CCC(C)CN)nc12. The number of para-hydroxylation sites is 1. The van der Waals surface area contributed by atoms with E-state index in [9.17, 15) is 0 Å². The van der Waals surface area contributed by atoms with Crippen molar-refractivity contribution in [1.29, 1.82) is 0 Å². The molecule has 1 heterocycles. The average molecular weight is 234 g/mol. The summed E-state index contributed by atoms with van der Waals surface area (Å²) in [5.74, 6) is 0.591. The first-order valence-electron chi connectivity index (χ1n) is 5.76. The van der Waals surface area contributed by atoms with E-state index in [0.29, 0.717) is 5.92 Å². The van der Waals surface area contributed by atoms with E-state index < -0.39 is 0 Å². The van der Waals surface area contributed by atoms with Crippen LogP contribution in [-0.4, -0.2) is 11.5 Å². The quantitative estimate of drug-likeness (QED) is 0.882. The minimum Gasteiger partial charge on any atom is -0.330 e. The van der Waals surface area contributed by atoms with Crippen molar-refractivity contribution in [2.75, 3.05) is 6.54 Å². The highest BCUT2D eigenvalue weighted by Gasteiger charge is 2.07. The first kappa shape index (κ1) is 11.6. The van der Waals surface area contributed by atoms with Gasteiger partial charge in [0, 0.05) is 0 Å². The normalized spacial score (nSPS) is 13.2. The Labute approximate surface area is 101 Å². The number of nitrogens with zero attached hydrogens (tertiary/aromatic N) is 1. The van der Waals surface area contributed by atoms with E-state index >= 15 is 0 Å². The summed E-state index contributed by atoms with van der Waals surface area (Å²) in [4.78, 5) is 4.70. The number of rotatable bonds is 4. The van der Waals surface area contributed by atoms with Gasteiger partial charge < -0.3 is 5.73 Å². The molecule has 0 amide bonds. The van der Waals surface area contributed by atoms with Gasteiger partial charge in [0.25, 0.3) is 0 Å². The van der Waals surface area contributed by atoms with Crippen molar-refractivity contribution in [3.63, 3.8) is 0 Å². The van der Waals surface area contributed by atoms with Crippen molar-refractivity contribution < 1.29 is 0 Å². The molecule has 16 heavy (non-hydrogen) atoms. The van der Waals surface area contributed by atoms with E-state index in [1.54, 1.807) is 0 Å². The molecule has 1 aromatic heterocycles. The van der Waals surface area contributed by atoms with Gasteiger partial charge in [-0.05, 0) is 43.9 Å². The van der Waals surface area contributed by atoms with Crippen molar-refractivity contribution in [3.05, 3.63) is 28.8 Å². The molecule has 0 radical (unpaired) electrons. The second-order valence-corrected chi connectivity index (χ2v) is 5.52. The molecule has 2 rings (SSSR count). The maximum absolute atomic E-state index is 5.62. The minimum atomic E-state index is 0.591. The van der Waals surface area contributed by atoms with E-state index in [1.165, 1.54) is 20.8 Å². The largest absolute Gasteiger partial charge is 0.330 e. The van der Waals surface area contributed by atoms with Crippen LogP contribution in [0.3, 0.4) is 0 Å². The molecule has 0 aliphatic carbocycles. The third-order valence-corrected chi connectivity index (χ3v) is 4.00. The molecule has 0 aliphatic rings. The molecule has 0 spiro atoms. The molecule has 3 heteroatoms. The van der Waals surface area contributed by atoms with Crippen molar-refractivity contribution in [2.24, 2.45) is 11.7 Å². The summed E-state index contributed by atoms with van der Waals surface area (Å²) in [6.07, 6.45) is 2.19. The van der Waals surface area contributed by atoms with E-state index in [-0.39, 0.29) is 0 Å². The number of aromatic nitrogens is 1. The van der Waals surface area contributed by atoms with Gasteiger partial charge >= 0.3 is 0 Å². The first-order valence-corrected chi connectivity index (χ1v) is 6.57. The molecule has 1 unspecified atom stereocenters. The van der Waals surface area contributed by atoms with E-state index in [1.807, 2.05) is 11.3 Å². The van der Waals surface area contributed by atoms with Crippen LogP contribution in [0.2, 0.25) is 0 Å². The monoisotopic (exact) mass is 234 g/mol. The van der Waals surface area contributed by atoms with Gasteiger partial charge in [0.05, 0.1) is 15.2 Å². The number of fused-ring (bicyclic) bond motifs is 1. The van der Waals surface area contributed by atoms with Gasteiger partial charge in [-0.1, -0.05) is 19.1 Å². The van der Waals surface area contributed by atoms with Gasteiger partial charge in [-0.3, -0.25) is 0 Å². The Morgan fingerprint density at radius 3 is 2.94 bits per heavy atom. The Morgan fingerprint density at radius 2 is 2.25 bits per heavy atom. The van der Waals surface area contributed by atoms with Crippen LogP contribution in [0.5, 0.6) is 0 Å². The fraction of sp³-hybridized carbons (Fsp3) is 0.462. The third-order valence-electron chi connectivity index (χ3n) is 2.92. The second kappa shape index (κ2) is 4.93. The predicted octanol–water partition coefficient (Wildman–Crippen LogP) is 3.13. The Balaban J connectivity index is 2.17. The highest BCUT2D eigenvalue weighted by molar-refractivity contribution is 7.18. The summed E-state index contributed by atoms with van der Waals surface area (Å²) in [5.41, 5.74) is 8.06. The highest BCUT2D eigenvalue weighted by Crippen LogP contribution is 2.25. The molecule has 0 saturated heterocycles. The molecule has 2 nitrogen and oxygen atoms in total.